The van der Waals surface area contributed by atoms with Gasteiger partial charge in [0.2, 0.25) is 0 Å². The topological polar surface area (TPSA) is 29.9 Å². The number of nitrogens with one attached hydrogen (secondary N) is 1. The first-order valence-electron chi connectivity index (χ1n) is 4.62. The van der Waals surface area contributed by atoms with E-state index in [4.69, 9.17) is 0 Å². The maximum Gasteiger partial charge on any atom is 0.0799 e. The Morgan fingerprint density at radius 3 is 2.38 bits per heavy atom. The third-order valence-electron chi connectivity index (χ3n) is 2.18. The Morgan fingerprint density at radius 2 is 2.08 bits per heavy atom. The molecular weight excluding hydrogens is 162 g/mol. The Labute approximate surface area is 80.1 Å². The van der Waals surface area contributed by atoms with Gasteiger partial charge < -0.3 is 5.32 Å². The number of hydrogen-bond acceptors (Lipinski definition) is 2. The molecule has 0 saturated heterocycles. The molecule has 3 heteroatoms. The van der Waals surface area contributed by atoms with Gasteiger partial charge in [0.1, 0.15) is 0 Å². The van der Waals surface area contributed by atoms with Crippen molar-refractivity contribution in [2.75, 3.05) is 7.05 Å². The number of hydrogen-bond donors (Lipinski definition) is 1. The van der Waals surface area contributed by atoms with Crippen LogP contribution in [-0.2, 0) is 7.05 Å². The van der Waals surface area contributed by atoms with E-state index in [1.807, 2.05) is 25.0 Å². The van der Waals surface area contributed by atoms with E-state index in [1.54, 1.807) is 0 Å². The fourth-order valence-corrected chi connectivity index (χ4v) is 1.61. The molecule has 1 aromatic rings. The second-order valence-corrected chi connectivity index (χ2v) is 4.50. The van der Waals surface area contributed by atoms with E-state index in [1.165, 1.54) is 0 Å². The third-order valence-corrected chi connectivity index (χ3v) is 2.18. The lowest BCUT2D eigenvalue weighted by atomic mass is 9.85. The maximum atomic E-state index is 4.40. The zero-order valence-corrected chi connectivity index (χ0v) is 9.13. The lowest BCUT2D eigenvalue weighted by Gasteiger charge is -2.28. The van der Waals surface area contributed by atoms with Crippen molar-refractivity contribution in [2.45, 2.75) is 26.8 Å². The van der Waals surface area contributed by atoms with Gasteiger partial charge in [-0.3, -0.25) is 4.68 Å². The molecule has 1 N–H and O–H groups in total. The SMILES string of the molecule is CNC(c1ccn(C)n1)C(C)(C)C. The summed E-state index contributed by atoms with van der Waals surface area (Å²) in [6, 6.07) is 2.38. The fraction of sp³-hybridized carbons (Fsp3) is 0.700. The Bertz CT molecular complexity index is 270. The first-order chi connectivity index (χ1) is 5.95. The Hall–Kier alpha value is -0.830. The molecule has 74 valence electrons. The van der Waals surface area contributed by atoms with Gasteiger partial charge in [0.25, 0.3) is 0 Å². The molecule has 0 saturated carbocycles. The van der Waals surface area contributed by atoms with E-state index in [9.17, 15) is 0 Å². The average molecular weight is 181 g/mol. The lowest BCUT2D eigenvalue weighted by Crippen LogP contribution is -2.30. The van der Waals surface area contributed by atoms with Gasteiger partial charge in [-0.1, -0.05) is 20.8 Å². The van der Waals surface area contributed by atoms with Crippen LogP contribution in [0.15, 0.2) is 12.3 Å². The van der Waals surface area contributed by atoms with E-state index in [0.29, 0.717) is 6.04 Å². The van der Waals surface area contributed by atoms with Crippen molar-refractivity contribution in [2.24, 2.45) is 12.5 Å². The van der Waals surface area contributed by atoms with Crippen LogP contribution in [0.1, 0.15) is 32.5 Å². The quantitative estimate of drug-likeness (QED) is 0.753. The predicted molar refractivity (Wildman–Crippen MR) is 54.5 cm³/mol. The van der Waals surface area contributed by atoms with Gasteiger partial charge in [0, 0.05) is 13.2 Å². The van der Waals surface area contributed by atoms with Crippen LogP contribution in [-0.4, -0.2) is 16.8 Å². The molecule has 1 unspecified atom stereocenters. The summed E-state index contributed by atoms with van der Waals surface area (Å²) in [5, 5.41) is 7.70. The second kappa shape index (κ2) is 3.50. The molecule has 0 fully saturated rings. The molecule has 1 atom stereocenters. The summed E-state index contributed by atoms with van der Waals surface area (Å²) in [6.45, 7) is 6.63. The van der Waals surface area contributed by atoms with Crippen molar-refractivity contribution < 1.29 is 0 Å². The van der Waals surface area contributed by atoms with Crippen LogP contribution in [0.4, 0.5) is 0 Å². The molecule has 0 spiro atoms. The standard InChI is InChI=1S/C10H19N3/c1-10(2,3)9(11-4)8-6-7-13(5)12-8/h6-7,9,11H,1-5H3. The maximum absolute atomic E-state index is 4.40. The first kappa shape index (κ1) is 10.3. The minimum Gasteiger partial charge on any atom is -0.311 e. The van der Waals surface area contributed by atoms with Gasteiger partial charge in [-0.15, -0.1) is 0 Å². The van der Waals surface area contributed by atoms with E-state index in [0.717, 1.165) is 5.69 Å². The number of aryl methyl sites for hydroxylation is 1. The molecule has 0 bridgehead atoms. The first-order valence-corrected chi connectivity index (χ1v) is 4.62. The summed E-state index contributed by atoms with van der Waals surface area (Å²) in [7, 11) is 3.92. The van der Waals surface area contributed by atoms with Gasteiger partial charge in [0.05, 0.1) is 11.7 Å². The fourth-order valence-electron chi connectivity index (χ4n) is 1.61. The summed E-state index contributed by atoms with van der Waals surface area (Å²) in [5.74, 6) is 0. The van der Waals surface area contributed by atoms with E-state index < -0.39 is 0 Å². The van der Waals surface area contributed by atoms with E-state index in [-0.39, 0.29) is 5.41 Å². The van der Waals surface area contributed by atoms with Crippen molar-refractivity contribution in [1.82, 2.24) is 15.1 Å². The molecular formula is C10H19N3. The van der Waals surface area contributed by atoms with Crippen LogP contribution in [0.5, 0.6) is 0 Å². The van der Waals surface area contributed by atoms with Crippen LogP contribution in [0, 0.1) is 5.41 Å². The molecule has 1 rings (SSSR count). The molecule has 0 amide bonds. The van der Waals surface area contributed by atoms with Crippen molar-refractivity contribution in [1.29, 1.82) is 0 Å². The average Bonchev–Trinajstić information content (AvgIpc) is 2.34. The van der Waals surface area contributed by atoms with Crippen molar-refractivity contribution in [3.05, 3.63) is 18.0 Å². The summed E-state index contributed by atoms with van der Waals surface area (Å²) >= 11 is 0. The highest BCUT2D eigenvalue weighted by Gasteiger charge is 2.26. The lowest BCUT2D eigenvalue weighted by molar-refractivity contribution is 0.280. The van der Waals surface area contributed by atoms with Crippen molar-refractivity contribution in [3.63, 3.8) is 0 Å². The normalized spacial score (nSPS) is 14.5. The van der Waals surface area contributed by atoms with Crippen LogP contribution in [0.25, 0.3) is 0 Å². The Balaban J connectivity index is 2.91. The summed E-state index contributed by atoms with van der Waals surface area (Å²) < 4.78 is 1.84. The van der Waals surface area contributed by atoms with Crippen LogP contribution in [0.2, 0.25) is 0 Å². The molecule has 1 heterocycles. The highest BCUT2D eigenvalue weighted by molar-refractivity contribution is 5.08. The Morgan fingerprint density at radius 1 is 1.46 bits per heavy atom. The van der Waals surface area contributed by atoms with Crippen molar-refractivity contribution in [3.8, 4) is 0 Å². The molecule has 13 heavy (non-hydrogen) atoms. The number of aromatic nitrogens is 2. The smallest absolute Gasteiger partial charge is 0.0799 e. The van der Waals surface area contributed by atoms with Crippen molar-refractivity contribution >= 4 is 0 Å². The van der Waals surface area contributed by atoms with E-state index >= 15 is 0 Å². The molecule has 0 aliphatic heterocycles. The molecule has 1 aromatic heterocycles. The van der Waals surface area contributed by atoms with Gasteiger partial charge in [-0.2, -0.15) is 5.10 Å². The second-order valence-electron chi connectivity index (χ2n) is 4.50. The monoisotopic (exact) mass is 181 g/mol. The predicted octanol–water partition coefficient (Wildman–Crippen LogP) is 1.73. The number of nitrogens with zero attached hydrogens (tertiary/aromatic N) is 2. The largest absolute Gasteiger partial charge is 0.311 e. The molecule has 0 radical (unpaired) electrons. The Kier molecular flexibility index (Phi) is 2.76. The zero-order valence-electron chi connectivity index (χ0n) is 9.13. The van der Waals surface area contributed by atoms with Crippen LogP contribution >= 0.6 is 0 Å². The highest BCUT2D eigenvalue weighted by Crippen LogP contribution is 2.30. The summed E-state index contributed by atoms with van der Waals surface area (Å²) in [5.41, 5.74) is 1.31. The molecule has 0 aliphatic carbocycles. The van der Waals surface area contributed by atoms with Crippen LogP contribution in [0.3, 0.4) is 0 Å². The van der Waals surface area contributed by atoms with Gasteiger partial charge in [-0.05, 0) is 18.5 Å². The molecule has 0 aliphatic rings. The summed E-state index contributed by atoms with van der Waals surface area (Å²) in [6.07, 6.45) is 1.98. The third kappa shape index (κ3) is 2.31. The van der Waals surface area contributed by atoms with Gasteiger partial charge >= 0.3 is 0 Å². The van der Waals surface area contributed by atoms with Crippen LogP contribution < -0.4 is 5.32 Å². The minimum atomic E-state index is 0.198. The van der Waals surface area contributed by atoms with Gasteiger partial charge in [-0.25, -0.2) is 0 Å². The zero-order chi connectivity index (χ0) is 10.1. The van der Waals surface area contributed by atoms with Gasteiger partial charge in [0.15, 0.2) is 0 Å². The minimum absolute atomic E-state index is 0.198. The molecule has 3 nitrogen and oxygen atoms in total. The van der Waals surface area contributed by atoms with E-state index in [2.05, 4.69) is 37.3 Å². The summed E-state index contributed by atoms with van der Waals surface area (Å²) in [4.78, 5) is 0. The number of rotatable bonds is 2. The highest BCUT2D eigenvalue weighted by atomic mass is 15.3. The molecule has 0 aromatic carbocycles.